The van der Waals surface area contributed by atoms with Gasteiger partial charge >= 0.3 is 5.69 Å². The Kier molecular flexibility index (Phi) is 13.1. The molecule has 0 aliphatic carbocycles. The Labute approximate surface area is 291 Å². The Morgan fingerprint density at radius 3 is 1.87 bits per heavy atom. The van der Waals surface area contributed by atoms with Gasteiger partial charge in [0.25, 0.3) is 5.91 Å². The van der Waals surface area contributed by atoms with Crippen LogP contribution in [0.2, 0.25) is 33.2 Å². The summed E-state index contributed by atoms with van der Waals surface area (Å²) in [5.74, 6) is -0.214. The summed E-state index contributed by atoms with van der Waals surface area (Å²) in [5, 5.41) is 2.71. The van der Waals surface area contributed by atoms with Gasteiger partial charge in [0.1, 0.15) is 18.0 Å². The Morgan fingerprint density at radius 2 is 1.41 bits per heavy atom. The summed E-state index contributed by atoms with van der Waals surface area (Å²) in [7, 11) is -4.72. The van der Waals surface area contributed by atoms with Crippen LogP contribution in [0.4, 0.5) is 5.82 Å². The molecule has 1 amide bonds. The summed E-state index contributed by atoms with van der Waals surface area (Å²) >= 11 is 11.3. The molecule has 0 saturated carbocycles. The molecule has 1 fully saturated rings. The molecule has 258 valence electrons. The highest BCUT2D eigenvalue weighted by Gasteiger charge is 2.61. The number of amides is 1. The van der Waals surface area contributed by atoms with Gasteiger partial charge in [0.05, 0.1) is 6.61 Å². The summed E-state index contributed by atoms with van der Waals surface area (Å²) in [6.45, 7) is 27.3. The fourth-order valence-corrected chi connectivity index (χ4v) is 20.4. The predicted octanol–water partition coefficient (Wildman–Crippen LogP) is 9.48. The van der Waals surface area contributed by atoms with Crippen molar-refractivity contribution in [3.05, 3.63) is 58.6 Å². The number of nitrogens with one attached hydrogen (secondary N) is 1. The van der Waals surface area contributed by atoms with Gasteiger partial charge in [0.15, 0.2) is 18.3 Å². The molecule has 3 rings (SSSR count). The average Bonchev–Trinajstić information content (AvgIpc) is 3.19. The lowest BCUT2D eigenvalue weighted by molar-refractivity contribution is -0.0424. The number of nitrogens with zero attached hydrogens (tertiary/aromatic N) is 2. The van der Waals surface area contributed by atoms with Crippen molar-refractivity contribution in [3.8, 4) is 0 Å². The maximum Gasteiger partial charge on any atom is 0.351 e. The molecule has 1 aromatic heterocycles. The highest BCUT2D eigenvalue weighted by molar-refractivity contribution is 9.10. The lowest BCUT2D eigenvalue weighted by Crippen LogP contribution is -2.56. The number of alkyl halides is 2. The largest absolute Gasteiger partial charge is 0.413 e. The number of hydrogen-bond donors (Lipinski definition) is 1. The second kappa shape index (κ2) is 15.5. The zero-order chi connectivity index (χ0) is 34.8. The van der Waals surface area contributed by atoms with Gasteiger partial charge in [-0.15, -0.1) is 0 Å². The minimum absolute atomic E-state index is 0.142. The second-order valence-electron chi connectivity index (χ2n) is 14.5. The van der Waals surface area contributed by atoms with Gasteiger partial charge < -0.3 is 18.9 Å². The van der Waals surface area contributed by atoms with E-state index in [0.29, 0.717) is 45.4 Å². The van der Waals surface area contributed by atoms with Crippen LogP contribution in [0.3, 0.4) is 0 Å². The summed E-state index contributed by atoms with van der Waals surface area (Å²) in [6, 6.07) is 10.4. The highest BCUT2D eigenvalue weighted by Crippen LogP contribution is 2.54. The van der Waals surface area contributed by atoms with Crippen molar-refractivity contribution >= 4 is 55.9 Å². The van der Waals surface area contributed by atoms with Crippen LogP contribution < -0.4 is 11.0 Å². The first-order chi connectivity index (χ1) is 21.3. The van der Waals surface area contributed by atoms with Gasteiger partial charge in [0.2, 0.25) is 8.32 Å². The van der Waals surface area contributed by atoms with E-state index in [1.54, 1.807) is 36.5 Å². The van der Waals surface area contributed by atoms with Crippen molar-refractivity contribution in [2.24, 2.45) is 0 Å². The van der Waals surface area contributed by atoms with Crippen LogP contribution in [-0.4, -0.2) is 54.7 Å². The predicted molar refractivity (Wildman–Crippen MR) is 197 cm³/mol. The first-order valence-electron chi connectivity index (χ1n) is 16.6. The van der Waals surface area contributed by atoms with Crippen molar-refractivity contribution in [2.45, 2.75) is 139 Å². The number of anilines is 1. The van der Waals surface area contributed by atoms with E-state index in [-0.39, 0.29) is 11.7 Å². The summed E-state index contributed by atoms with van der Waals surface area (Å²) < 4.78 is 21.2. The quantitative estimate of drug-likeness (QED) is 0.153. The van der Waals surface area contributed by atoms with E-state index < -0.39 is 44.5 Å². The summed E-state index contributed by atoms with van der Waals surface area (Å²) in [4.78, 5) is 30.4. The zero-order valence-corrected chi connectivity index (χ0v) is 34.0. The number of benzene rings is 1. The van der Waals surface area contributed by atoms with Crippen molar-refractivity contribution in [1.29, 1.82) is 0 Å². The molecule has 1 aliphatic heterocycles. The summed E-state index contributed by atoms with van der Waals surface area (Å²) in [5.41, 5.74) is 1.93. The van der Waals surface area contributed by atoms with Crippen molar-refractivity contribution in [2.75, 3.05) is 11.9 Å². The maximum atomic E-state index is 13.5. The fraction of sp³-hybridized carbons (Fsp3) is 0.676. The normalized spacial score (nSPS) is 22.7. The lowest BCUT2D eigenvalue weighted by Gasteiger charge is -2.47. The van der Waals surface area contributed by atoms with Gasteiger partial charge in [-0.2, -0.15) is 4.98 Å². The monoisotopic (exact) mass is 755 g/mol. The third kappa shape index (κ3) is 7.60. The number of halogens is 2. The topological polar surface area (TPSA) is 91.7 Å². The average molecular weight is 757 g/mol. The Hall–Kier alpha value is -1.35. The molecule has 46 heavy (non-hydrogen) atoms. The van der Waals surface area contributed by atoms with Gasteiger partial charge in [-0.05, 0) is 51.4 Å². The molecule has 4 atom stereocenters. The molecule has 2 aromatic rings. The van der Waals surface area contributed by atoms with E-state index in [4.69, 9.17) is 25.2 Å². The number of carbonyl (C=O) groups excluding carboxylic acids is 1. The Balaban J connectivity index is 2.05. The standard InChI is InChI=1S/C34H55BrClN3O5Si2/c1-21(2)45(22(3)4,23(5)6)42-20-28-30(44-46(24(7)8,25(9)10)26(11)12)34(35,36)32(43-28)39-19-18-29(38-33(39)41)37-31(40)27-16-14-13-15-17-27/h13-19,21-26,28,30,32H,20H2,1-12H3,(H,37,38,40,41)/t28-,30-,32-,34+/m1/s1. The first-order valence-corrected chi connectivity index (χ1v) is 22.1. The molecular weight excluding hydrogens is 702 g/mol. The minimum Gasteiger partial charge on any atom is -0.413 e. The van der Waals surface area contributed by atoms with Crippen molar-refractivity contribution in [1.82, 2.24) is 9.55 Å². The Bertz CT molecular complexity index is 1330. The van der Waals surface area contributed by atoms with Gasteiger partial charge in [-0.25, -0.2) is 4.79 Å². The zero-order valence-electron chi connectivity index (χ0n) is 29.6. The van der Waals surface area contributed by atoms with Crippen molar-refractivity contribution in [3.63, 3.8) is 0 Å². The molecule has 0 radical (unpaired) electrons. The molecule has 0 unspecified atom stereocenters. The molecule has 1 saturated heterocycles. The third-order valence-corrected chi connectivity index (χ3v) is 23.4. The van der Waals surface area contributed by atoms with E-state index in [0.717, 1.165) is 0 Å². The van der Waals surface area contributed by atoms with Crippen LogP contribution >= 0.6 is 27.5 Å². The number of carbonyl (C=O) groups is 1. The molecule has 12 heteroatoms. The minimum atomic E-state index is -2.46. The van der Waals surface area contributed by atoms with E-state index in [9.17, 15) is 9.59 Å². The molecular formula is C34H55BrClN3O5Si2. The molecule has 2 heterocycles. The van der Waals surface area contributed by atoms with Crippen LogP contribution in [0.1, 0.15) is 99.7 Å². The molecule has 1 N–H and O–H groups in total. The smallest absolute Gasteiger partial charge is 0.351 e. The number of rotatable bonds is 14. The second-order valence-corrected chi connectivity index (χ2v) is 27.8. The van der Waals surface area contributed by atoms with Gasteiger partial charge in [0, 0.05) is 11.8 Å². The molecule has 0 spiro atoms. The van der Waals surface area contributed by atoms with E-state index in [1.807, 2.05) is 6.07 Å². The fourth-order valence-electron chi connectivity index (χ4n) is 8.04. The van der Waals surface area contributed by atoms with Crippen LogP contribution in [0, 0.1) is 0 Å². The molecule has 8 nitrogen and oxygen atoms in total. The third-order valence-electron chi connectivity index (χ3n) is 9.95. The van der Waals surface area contributed by atoms with E-state index in [1.165, 1.54) is 4.57 Å². The van der Waals surface area contributed by atoms with Crippen LogP contribution in [-0.2, 0) is 13.6 Å². The van der Waals surface area contributed by atoms with E-state index >= 15 is 0 Å². The Morgan fingerprint density at radius 1 is 0.913 bits per heavy atom. The molecule has 1 aliphatic rings. The van der Waals surface area contributed by atoms with Gasteiger partial charge in [-0.3, -0.25) is 9.36 Å². The number of hydrogen-bond acceptors (Lipinski definition) is 6. The summed E-state index contributed by atoms with van der Waals surface area (Å²) in [6.07, 6.45) is -0.539. The van der Waals surface area contributed by atoms with E-state index in [2.05, 4.69) is 109 Å². The van der Waals surface area contributed by atoms with Gasteiger partial charge in [-0.1, -0.05) is 129 Å². The lowest BCUT2D eigenvalue weighted by atomic mass is 10.2. The van der Waals surface area contributed by atoms with Crippen LogP contribution in [0.25, 0.3) is 0 Å². The van der Waals surface area contributed by atoms with Crippen LogP contribution in [0.15, 0.2) is 47.4 Å². The molecule has 0 bridgehead atoms. The molecule has 1 aromatic carbocycles. The number of aromatic nitrogens is 2. The highest BCUT2D eigenvalue weighted by atomic mass is 79.9. The van der Waals surface area contributed by atoms with Crippen LogP contribution in [0.5, 0.6) is 0 Å². The SMILES string of the molecule is CC(C)[Si](OC[C@H]1O[C@@H](n2ccc(NC(=O)c3ccccc3)nc2=O)[C@](Cl)(Br)[C@@H]1O[Si](C(C)C)(C(C)C)C(C)C)(C(C)C)C(C)C. The maximum absolute atomic E-state index is 13.5. The van der Waals surface area contributed by atoms with Crippen molar-refractivity contribution < 1.29 is 18.4 Å². The number of ether oxygens (including phenoxy) is 1. The first kappa shape index (κ1) is 39.1.